The van der Waals surface area contributed by atoms with Crippen LogP contribution in [0.3, 0.4) is 0 Å². The van der Waals surface area contributed by atoms with Crippen LogP contribution in [0.4, 0.5) is 14.4 Å². The van der Waals surface area contributed by atoms with Crippen LogP contribution in [0.25, 0.3) is 0 Å². The van der Waals surface area contributed by atoms with Crippen LogP contribution < -0.4 is 15.2 Å². The standard InChI is InChI=1S/C32H49NO11/c1-20(21(2)41-30(37)42-23-12-10-9-11-13-23)40-27(34)24(33)16-22-14-15-25(43-28(35)38-18-31(3,4)5)26(17-22)44-29(36)39-19-32(6,7)8/h14-15,17,20-21,23-24H,9-13,16,18-19,33H2,1-8H3/t20-,21-,24-/m0/s1. The number of nitrogens with two attached hydrogens (primary N) is 1. The highest BCUT2D eigenvalue weighted by atomic mass is 16.8. The van der Waals surface area contributed by atoms with E-state index in [1.165, 1.54) is 12.1 Å². The van der Waals surface area contributed by atoms with Crippen molar-refractivity contribution in [3.63, 3.8) is 0 Å². The van der Waals surface area contributed by atoms with Gasteiger partial charge in [-0.25, -0.2) is 14.4 Å². The zero-order valence-corrected chi connectivity index (χ0v) is 27.3. The fraction of sp³-hybridized carbons (Fsp3) is 0.688. The van der Waals surface area contributed by atoms with Crippen LogP contribution in [-0.4, -0.2) is 62.0 Å². The molecule has 1 saturated carbocycles. The zero-order chi connectivity index (χ0) is 33.1. The van der Waals surface area contributed by atoms with E-state index in [-0.39, 0.29) is 48.1 Å². The summed E-state index contributed by atoms with van der Waals surface area (Å²) in [7, 11) is 0. The van der Waals surface area contributed by atoms with Crippen molar-refractivity contribution in [1.82, 2.24) is 0 Å². The van der Waals surface area contributed by atoms with Gasteiger partial charge in [0, 0.05) is 0 Å². The van der Waals surface area contributed by atoms with Gasteiger partial charge in [-0.15, -0.1) is 0 Å². The molecule has 248 valence electrons. The minimum Gasteiger partial charge on any atom is -0.458 e. The highest BCUT2D eigenvalue weighted by Crippen LogP contribution is 2.30. The molecule has 0 saturated heterocycles. The molecule has 0 aromatic heterocycles. The van der Waals surface area contributed by atoms with E-state index in [2.05, 4.69) is 0 Å². The summed E-state index contributed by atoms with van der Waals surface area (Å²) in [6, 6.07) is 3.26. The molecule has 12 nitrogen and oxygen atoms in total. The van der Waals surface area contributed by atoms with Crippen LogP contribution in [0.1, 0.15) is 93.1 Å². The van der Waals surface area contributed by atoms with E-state index >= 15 is 0 Å². The van der Waals surface area contributed by atoms with E-state index in [9.17, 15) is 19.2 Å². The Labute approximate surface area is 260 Å². The van der Waals surface area contributed by atoms with E-state index in [4.69, 9.17) is 38.9 Å². The Morgan fingerprint density at radius 2 is 1.30 bits per heavy atom. The van der Waals surface area contributed by atoms with Crippen molar-refractivity contribution in [3.8, 4) is 11.5 Å². The van der Waals surface area contributed by atoms with Crippen LogP contribution in [-0.2, 0) is 34.9 Å². The molecule has 1 aromatic rings. The number of carbonyl (C=O) groups is 4. The molecule has 0 aliphatic heterocycles. The van der Waals surface area contributed by atoms with Crippen molar-refractivity contribution in [1.29, 1.82) is 0 Å². The minimum absolute atomic E-state index is 0.00728. The van der Waals surface area contributed by atoms with Gasteiger partial charge in [0.15, 0.2) is 11.5 Å². The zero-order valence-electron chi connectivity index (χ0n) is 27.3. The molecular formula is C32H49NO11. The summed E-state index contributed by atoms with van der Waals surface area (Å²) >= 11 is 0. The lowest BCUT2D eigenvalue weighted by atomic mass is 9.98. The monoisotopic (exact) mass is 623 g/mol. The first-order valence-electron chi connectivity index (χ1n) is 15.1. The van der Waals surface area contributed by atoms with E-state index in [0.717, 1.165) is 32.1 Å². The first-order valence-corrected chi connectivity index (χ1v) is 15.1. The molecule has 0 amide bonds. The molecule has 1 aliphatic rings. The summed E-state index contributed by atoms with van der Waals surface area (Å²) in [4.78, 5) is 49.6. The van der Waals surface area contributed by atoms with E-state index in [1.54, 1.807) is 19.9 Å². The molecule has 0 heterocycles. The molecule has 1 aromatic carbocycles. The smallest absolute Gasteiger partial charge is 0.458 e. The van der Waals surface area contributed by atoms with Crippen molar-refractivity contribution in [3.05, 3.63) is 23.8 Å². The maximum absolute atomic E-state index is 12.8. The summed E-state index contributed by atoms with van der Waals surface area (Å²) in [5.41, 5.74) is 6.01. The average molecular weight is 624 g/mol. The quantitative estimate of drug-likeness (QED) is 0.162. The largest absolute Gasteiger partial charge is 0.513 e. The van der Waals surface area contributed by atoms with E-state index in [1.807, 2.05) is 41.5 Å². The number of carbonyl (C=O) groups excluding carboxylic acids is 4. The molecule has 12 heteroatoms. The van der Waals surface area contributed by atoms with Gasteiger partial charge in [-0.1, -0.05) is 54.0 Å². The summed E-state index contributed by atoms with van der Waals surface area (Å²) in [5.74, 6) is -0.940. The second-order valence-corrected chi connectivity index (χ2v) is 13.6. The Kier molecular flexibility index (Phi) is 13.8. The highest BCUT2D eigenvalue weighted by Gasteiger charge is 2.27. The van der Waals surface area contributed by atoms with Crippen molar-refractivity contribution < 1.29 is 52.3 Å². The number of hydrogen-bond acceptors (Lipinski definition) is 12. The molecule has 0 spiro atoms. The maximum Gasteiger partial charge on any atom is 0.513 e. The van der Waals surface area contributed by atoms with Gasteiger partial charge < -0.3 is 38.9 Å². The Balaban J connectivity index is 2.03. The van der Waals surface area contributed by atoms with Crippen LogP contribution in [0, 0.1) is 10.8 Å². The fourth-order valence-corrected chi connectivity index (χ4v) is 3.93. The number of benzene rings is 1. The first kappa shape index (κ1) is 36.7. The first-order chi connectivity index (χ1) is 20.4. The Morgan fingerprint density at radius 3 is 1.84 bits per heavy atom. The summed E-state index contributed by atoms with van der Waals surface area (Å²) in [6.45, 7) is 14.7. The molecule has 1 aliphatic carbocycles. The van der Waals surface area contributed by atoms with Gasteiger partial charge in [0.2, 0.25) is 0 Å². The number of esters is 1. The third-order valence-corrected chi connectivity index (χ3v) is 6.46. The van der Waals surface area contributed by atoms with Gasteiger partial charge in [-0.3, -0.25) is 4.79 Å². The third-order valence-electron chi connectivity index (χ3n) is 6.46. The Bertz CT molecular complexity index is 1120. The van der Waals surface area contributed by atoms with Gasteiger partial charge in [0.05, 0.1) is 13.2 Å². The van der Waals surface area contributed by atoms with Crippen molar-refractivity contribution in [2.24, 2.45) is 16.6 Å². The van der Waals surface area contributed by atoms with E-state index < -0.39 is 42.7 Å². The minimum atomic E-state index is -1.11. The Hall–Kier alpha value is -3.54. The normalized spacial score (nSPS) is 16.1. The predicted molar refractivity (Wildman–Crippen MR) is 160 cm³/mol. The molecule has 44 heavy (non-hydrogen) atoms. The molecule has 2 rings (SSSR count). The average Bonchev–Trinajstić information content (AvgIpc) is 2.91. The summed E-state index contributed by atoms with van der Waals surface area (Å²) < 4.78 is 37.1. The van der Waals surface area contributed by atoms with Crippen LogP contribution in [0.15, 0.2) is 18.2 Å². The van der Waals surface area contributed by atoms with Gasteiger partial charge in [-0.2, -0.15) is 0 Å². The fourth-order valence-electron chi connectivity index (χ4n) is 3.93. The highest BCUT2D eigenvalue weighted by molar-refractivity contribution is 5.76. The van der Waals surface area contributed by atoms with Crippen LogP contribution in [0.5, 0.6) is 11.5 Å². The lowest BCUT2D eigenvalue weighted by Crippen LogP contribution is -2.39. The summed E-state index contributed by atoms with van der Waals surface area (Å²) in [6.07, 6.45) is 0.256. The second-order valence-electron chi connectivity index (χ2n) is 13.6. The third kappa shape index (κ3) is 14.3. The van der Waals surface area contributed by atoms with E-state index in [0.29, 0.717) is 5.56 Å². The molecule has 0 radical (unpaired) electrons. The molecule has 0 unspecified atom stereocenters. The number of rotatable bonds is 11. The van der Waals surface area contributed by atoms with Crippen LogP contribution >= 0.6 is 0 Å². The van der Waals surface area contributed by atoms with Crippen LogP contribution in [0.2, 0.25) is 0 Å². The van der Waals surface area contributed by atoms with Gasteiger partial charge in [0.25, 0.3) is 0 Å². The van der Waals surface area contributed by atoms with Gasteiger partial charge in [0.1, 0.15) is 24.4 Å². The molecular weight excluding hydrogens is 574 g/mol. The Morgan fingerprint density at radius 1 is 0.773 bits per heavy atom. The maximum atomic E-state index is 12.8. The predicted octanol–water partition coefficient (Wildman–Crippen LogP) is 6.49. The molecule has 1 fully saturated rings. The lowest BCUT2D eigenvalue weighted by Gasteiger charge is -2.25. The lowest BCUT2D eigenvalue weighted by molar-refractivity contribution is -0.155. The van der Waals surface area contributed by atoms with Gasteiger partial charge in [-0.05, 0) is 74.5 Å². The second kappa shape index (κ2) is 16.5. The number of ether oxygens (including phenoxy) is 7. The topological polar surface area (TPSA) is 159 Å². The van der Waals surface area contributed by atoms with Crippen molar-refractivity contribution in [2.45, 2.75) is 118 Å². The SMILES string of the molecule is C[C@H](OC(=O)OC1CCCCC1)[C@H](C)OC(=O)[C@@H](N)Cc1ccc(OC(=O)OCC(C)(C)C)c(OC(=O)OCC(C)(C)C)c1. The summed E-state index contributed by atoms with van der Waals surface area (Å²) in [5, 5.41) is 0. The molecule has 2 N–H and O–H groups in total. The molecule has 3 atom stereocenters. The number of hydrogen-bond donors (Lipinski definition) is 1. The molecule has 0 bridgehead atoms. The van der Waals surface area contributed by atoms with Crippen molar-refractivity contribution >= 4 is 24.4 Å². The van der Waals surface area contributed by atoms with Crippen molar-refractivity contribution in [2.75, 3.05) is 13.2 Å². The van der Waals surface area contributed by atoms with Gasteiger partial charge >= 0.3 is 24.4 Å².